The highest BCUT2D eigenvalue weighted by Gasteiger charge is 2.41. The molecule has 0 spiro atoms. The molecule has 1 saturated carbocycles. The van der Waals surface area contributed by atoms with E-state index in [0.29, 0.717) is 11.4 Å². The van der Waals surface area contributed by atoms with E-state index in [2.05, 4.69) is 11.4 Å². The lowest BCUT2D eigenvalue weighted by atomic mass is 9.72. The second-order valence-corrected chi connectivity index (χ2v) is 6.98. The van der Waals surface area contributed by atoms with E-state index in [1.54, 1.807) is 30.6 Å². The van der Waals surface area contributed by atoms with Crippen LogP contribution in [0.5, 0.6) is 5.75 Å². The third-order valence-corrected chi connectivity index (χ3v) is 5.70. The summed E-state index contributed by atoms with van der Waals surface area (Å²) in [6.45, 7) is 0. The van der Waals surface area contributed by atoms with E-state index in [9.17, 15) is 4.79 Å². The Labute approximate surface area is 140 Å². The highest BCUT2D eigenvalue weighted by Crippen LogP contribution is 2.42. The number of methoxy groups -OCH3 is 1. The molecule has 1 aromatic carbocycles. The number of nitrogens with two attached hydrogens (primary N) is 1. The van der Waals surface area contributed by atoms with Crippen molar-refractivity contribution in [3.05, 3.63) is 40.6 Å². The molecule has 3 rings (SSSR count). The summed E-state index contributed by atoms with van der Waals surface area (Å²) in [5.74, 6) is 0.692. The Morgan fingerprint density at radius 3 is 2.65 bits per heavy atom. The zero-order valence-corrected chi connectivity index (χ0v) is 14.1. The molecule has 0 saturated heterocycles. The molecule has 1 aliphatic rings. The summed E-state index contributed by atoms with van der Waals surface area (Å²) in [5, 5.41) is 5.11. The molecule has 23 heavy (non-hydrogen) atoms. The van der Waals surface area contributed by atoms with Crippen LogP contribution in [0.15, 0.2) is 35.7 Å². The van der Waals surface area contributed by atoms with E-state index in [1.807, 2.05) is 17.5 Å². The second-order valence-electron chi connectivity index (χ2n) is 6.03. The number of rotatable bonds is 4. The Morgan fingerprint density at radius 2 is 2.04 bits per heavy atom. The van der Waals surface area contributed by atoms with Gasteiger partial charge in [0.15, 0.2) is 0 Å². The van der Waals surface area contributed by atoms with Crippen molar-refractivity contribution < 1.29 is 9.53 Å². The van der Waals surface area contributed by atoms with Gasteiger partial charge in [-0.25, -0.2) is 0 Å². The van der Waals surface area contributed by atoms with Crippen LogP contribution in [0.2, 0.25) is 0 Å². The molecule has 0 radical (unpaired) electrons. The van der Waals surface area contributed by atoms with Gasteiger partial charge in [-0.05, 0) is 42.5 Å². The number of hydrogen-bond donors (Lipinski definition) is 2. The maximum atomic E-state index is 13.1. The molecule has 1 heterocycles. The van der Waals surface area contributed by atoms with Crippen molar-refractivity contribution in [3.63, 3.8) is 0 Å². The van der Waals surface area contributed by atoms with Crippen LogP contribution >= 0.6 is 11.3 Å². The van der Waals surface area contributed by atoms with Crippen LogP contribution in [0.25, 0.3) is 0 Å². The molecule has 1 aromatic heterocycles. The lowest BCUT2D eigenvalue weighted by Gasteiger charge is -2.35. The number of anilines is 2. The van der Waals surface area contributed by atoms with Gasteiger partial charge in [-0.3, -0.25) is 4.79 Å². The number of carbonyl (C=O) groups is 1. The molecule has 1 fully saturated rings. The van der Waals surface area contributed by atoms with Gasteiger partial charge < -0.3 is 15.8 Å². The van der Waals surface area contributed by atoms with Gasteiger partial charge in [0.25, 0.3) is 0 Å². The Morgan fingerprint density at radius 1 is 1.26 bits per heavy atom. The smallest absolute Gasteiger partial charge is 0.235 e. The zero-order valence-electron chi connectivity index (χ0n) is 13.3. The number of nitrogen functional groups attached to an aromatic ring is 1. The minimum Gasteiger partial charge on any atom is -0.495 e. The Bertz CT molecular complexity index is 676. The topological polar surface area (TPSA) is 64.3 Å². The standard InChI is InChI=1S/C18H22N2O2S/c1-22-15-8-7-13(12-14(15)19)20-17(21)18(9-3-2-4-10-18)16-6-5-11-23-16/h5-8,11-12H,2-4,9-10,19H2,1H3,(H,20,21). The molecular formula is C18H22N2O2S. The predicted octanol–water partition coefficient (Wildman–Crippen LogP) is 4.18. The van der Waals surface area contributed by atoms with Crippen molar-refractivity contribution in [2.75, 3.05) is 18.2 Å². The lowest BCUT2D eigenvalue weighted by molar-refractivity contribution is -0.122. The van der Waals surface area contributed by atoms with Gasteiger partial charge in [0.1, 0.15) is 5.75 Å². The Hall–Kier alpha value is -2.01. The molecule has 1 aliphatic carbocycles. The molecular weight excluding hydrogens is 308 g/mol. The number of carbonyl (C=O) groups excluding carboxylic acids is 1. The first kappa shape index (κ1) is 15.9. The minimum absolute atomic E-state index is 0.0733. The molecule has 0 aliphatic heterocycles. The monoisotopic (exact) mass is 330 g/mol. The van der Waals surface area contributed by atoms with Crippen molar-refractivity contribution in [1.82, 2.24) is 0 Å². The van der Waals surface area contributed by atoms with Crippen LogP contribution in [0.4, 0.5) is 11.4 Å². The summed E-state index contributed by atoms with van der Waals surface area (Å²) in [6, 6.07) is 9.47. The maximum absolute atomic E-state index is 13.1. The molecule has 0 bridgehead atoms. The molecule has 0 atom stereocenters. The fraction of sp³-hybridized carbons (Fsp3) is 0.389. The molecule has 5 heteroatoms. The van der Waals surface area contributed by atoms with Gasteiger partial charge in [-0.2, -0.15) is 0 Å². The van der Waals surface area contributed by atoms with Gasteiger partial charge in [-0.15, -0.1) is 11.3 Å². The van der Waals surface area contributed by atoms with Crippen molar-refractivity contribution in [2.45, 2.75) is 37.5 Å². The van der Waals surface area contributed by atoms with Gasteiger partial charge in [0.05, 0.1) is 18.2 Å². The molecule has 0 unspecified atom stereocenters. The number of amides is 1. The van der Waals surface area contributed by atoms with E-state index in [1.165, 1.54) is 6.42 Å². The fourth-order valence-electron chi connectivity index (χ4n) is 3.35. The first-order valence-corrected chi connectivity index (χ1v) is 8.83. The zero-order chi connectivity index (χ0) is 16.3. The van der Waals surface area contributed by atoms with Gasteiger partial charge in [0, 0.05) is 10.6 Å². The van der Waals surface area contributed by atoms with E-state index in [-0.39, 0.29) is 5.91 Å². The summed E-state index contributed by atoms with van der Waals surface area (Å²) in [6.07, 6.45) is 5.21. The minimum atomic E-state index is -0.402. The highest BCUT2D eigenvalue weighted by molar-refractivity contribution is 7.10. The third kappa shape index (κ3) is 3.06. The number of nitrogens with one attached hydrogen (secondary N) is 1. The van der Waals surface area contributed by atoms with E-state index >= 15 is 0 Å². The second kappa shape index (κ2) is 6.62. The number of hydrogen-bond acceptors (Lipinski definition) is 4. The van der Waals surface area contributed by atoms with Gasteiger partial charge >= 0.3 is 0 Å². The average Bonchev–Trinajstić information content (AvgIpc) is 3.10. The van der Waals surface area contributed by atoms with Crippen molar-refractivity contribution in [2.24, 2.45) is 0 Å². The Balaban J connectivity index is 1.86. The van der Waals surface area contributed by atoms with Crippen LogP contribution in [0, 0.1) is 0 Å². The first-order chi connectivity index (χ1) is 11.2. The molecule has 3 N–H and O–H groups in total. The highest BCUT2D eigenvalue weighted by atomic mass is 32.1. The molecule has 122 valence electrons. The van der Waals surface area contributed by atoms with Crippen LogP contribution in [-0.4, -0.2) is 13.0 Å². The van der Waals surface area contributed by atoms with E-state index in [4.69, 9.17) is 10.5 Å². The number of benzene rings is 1. The van der Waals surface area contributed by atoms with E-state index < -0.39 is 5.41 Å². The van der Waals surface area contributed by atoms with Gasteiger partial charge in [-0.1, -0.05) is 25.3 Å². The summed E-state index contributed by atoms with van der Waals surface area (Å²) < 4.78 is 5.16. The predicted molar refractivity (Wildman–Crippen MR) is 95.1 cm³/mol. The van der Waals surface area contributed by atoms with Crippen molar-refractivity contribution in [3.8, 4) is 5.75 Å². The summed E-state index contributed by atoms with van der Waals surface area (Å²) >= 11 is 1.67. The summed E-state index contributed by atoms with van der Waals surface area (Å²) in [5.41, 5.74) is 6.78. The summed E-state index contributed by atoms with van der Waals surface area (Å²) in [4.78, 5) is 14.2. The fourth-order valence-corrected chi connectivity index (χ4v) is 4.34. The molecule has 4 nitrogen and oxygen atoms in total. The van der Waals surface area contributed by atoms with Crippen molar-refractivity contribution >= 4 is 28.6 Å². The number of thiophene rings is 1. The van der Waals surface area contributed by atoms with Crippen LogP contribution in [0.3, 0.4) is 0 Å². The third-order valence-electron chi connectivity index (χ3n) is 4.62. The summed E-state index contributed by atoms with van der Waals surface area (Å²) in [7, 11) is 1.58. The molecule has 2 aromatic rings. The molecule has 1 amide bonds. The van der Waals surface area contributed by atoms with Crippen LogP contribution in [-0.2, 0) is 10.2 Å². The quantitative estimate of drug-likeness (QED) is 0.827. The average molecular weight is 330 g/mol. The normalized spacial score (nSPS) is 16.7. The maximum Gasteiger partial charge on any atom is 0.235 e. The number of ether oxygens (including phenoxy) is 1. The SMILES string of the molecule is COc1ccc(NC(=O)C2(c3cccs3)CCCCC2)cc1N. The van der Waals surface area contributed by atoms with Crippen LogP contribution in [0.1, 0.15) is 37.0 Å². The van der Waals surface area contributed by atoms with E-state index in [0.717, 1.165) is 36.2 Å². The van der Waals surface area contributed by atoms with Gasteiger partial charge in [0.2, 0.25) is 5.91 Å². The van der Waals surface area contributed by atoms with Crippen LogP contribution < -0.4 is 15.8 Å². The Kier molecular flexibility index (Phi) is 4.57. The first-order valence-electron chi connectivity index (χ1n) is 7.95. The lowest BCUT2D eigenvalue weighted by Crippen LogP contribution is -2.41. The largest absolute Gasteiger partial charge is 0.495 e. The van der Waals surface area contributed by atoms with Crippen molar-refractivity contribution in [1.29, 1.82) is 0 Å².